The average molecular weight is 257 g/mol. The molecular formula is C12H23N3O3. The molecule has 1 heterocycles. The number of nitrogens with one attached hydrogen (secondary N) is 1. The summed E-state index contributed by atoms with van der Waals surface area (Å²) in [4.78, 5) is 24.3. The van der Waals surface area contributed by atoms with Gasteiger partial charge in [-0.1, -0.05) is 0 Å². The lowest BCUT2D eigenvalue weighted by molar-refractivity contribution is -0.133. The predicted octanol–water partition coefficient (Wildman–Crippen LogP) is 0.0543. The number of amides is 3. The second-order valence-corrected chi connectivity index (χ2v) is 4.98. The monoisotopic (exact) mass is 257 g/mol. The quantitative estimate of drug-likeness (QED) is 0.649. The summed E-state index contributed by atoms with van der Waals surface area (Å²) in [7, 11) is 0. The fourth-order valence-electron chi connectivity index (χ4n) is 2.19. The number of carbonyl (C=O) groups is 2. The average Bonchev–Trinajstić information content (AvgIpc) is 2.33. The van der Waals surface area contributed by atoms with Gasteiger partial charge in [0, 0.05) is 26.1 Å². The molecule has 0 aromatic rings. The summed E-state index contributed by atoms with van der Waals surface area (Å²) in [6, 6.07) is -0.521. The number of aliphatic hydroxyl groups is 1. The number of hydrogen-bond acceptors (Lipinski definition) is 3. The highest BCUT2D eigenvalue weighted by atomic mass is 16.3. The highest BCUT2D eigenvalue weighted by Gasteiger charge is 2.23. The van der Waals surface area contributed by atoms with Crippen LogP contribution in [-0.4, -0.2) is 47.7 Å². The number of hydrogen-bond donors (Lipinski definition) is 3. The zero-order chi connectivity index (χ0) is 13.5. The molecule has 0 saturated carbocycles. The van der Waals surface area contributed by atoms with Gasteiger partial charge in [0.25, 0.3) is 0 Å². The zero-order valence-electron chi connectivity index (χ0n) is 10.9. The third-order valence-corrected chi connectivity index (χ3v) is 3.21. The molecule has 1 fully saturated rings. The summed E-state index contributed by atoms with van der Waals surface area (Å²) in [5.74, 6) is 0.362. The first-order valence-electron chi connectivity index (χ1n) is 6.48. The number of nitrogens with zero attached hydrogens (tertiary/aromatic N) is 1. The van der Waals surface area contributed by atoms with Crippen LogP contribution in [0.3, 0.4) is 0 Å². The molecule has 1 aliphatic rings. The van der Waals surface area contributed by atoms with Crippen molar-refractivity contribution < 1.29 is 14.7 Å². The number of piperidine rings is 1. The van der Waals surface area contributed by atoms with E-state index in [1.807, 2.05) is 4.90 Å². The lowest BCUT2D eigenvalue weighted by Crippen LogP contribution is -2.44. The first kappa shape index (κ1) is 14.8. The molecule has 1 rings (SSSR count). The summed E-state index contributed by atoms with van der Waals surface area (Å²) in [6.45, 7) is 3.64. The Morgan fingerprint density at radius 3 is 2.89 bits per heavy atom. The van der Waals surface area contributed by atoms with Gasteiger partial charge < -0.3 is 21.1 Å². The molecular weight excluding hydrogens is 234 g/mol. The molecule has 0 aromatic carbocycles. The van der Waals surface area contributed by atoms with Crippen molar-refractivity contribution >= 4 is 11.9 Å². The van der Waals surface area contributed by atoms with Gasteiger partial charge in [0.1, 0.15) is 0 Å². The van der Waals surface area contributed by atoms with Crippen molar-refractivity contribution in [2.75, 3.05) is 19.6 Å². The van der Waals surface area contributed by atoms with Crippen LogP contribution in [0.25, 0.3) is 0 Å². The molecule has 2 atom stereocenters. The summed E-state index contributed by atoms with van der Waals surface area (Å²) < 4.78 is 0. The van der Waals surface area contributed by atoms with Crippen molar-refractivity contribution in [2.45, 2.75) is 38.7 Å². The molecule has 6 heteroatoms. The van der Waals surface area contributed by atoms with E-state index in [9.17, 15) is 9.59 Å². The van der Waals surface area contributed by atoms with Gasteiger partial charge in [-0.25, -0.2) is 4.79 Å². The van der Waals surface area contributed by atoms with Crippen LogP contribution >= 0.6 is 0 Å². The first-order valence-corrected chi connectivity index (χ1v) is 6.48. The summed E-state index contributed by atoms with van der Waals surface area (Å²) in [5.41, 5.74) is 5.03. The summed E-state index contributed by atoms with van der Waals surface area (Å²) in [5, 5.41) is 11.8. The Kier molecular flexibility index (Phi) is 5.91. The van der Waals surface area contributed by atoms with Gasteiger partial charge in [-0.3, -0.25) is 4.79 Å². The fourth-order valence-corrected chi connectivity index (χ4v) is 2.19. The Hall–Kier alpha value is -1.30. The highest BCUT2D eigenvalue weighted by molar-refractivity contribution is 5.76. The third-order valence-electron chi connectivity index (χ3n) is 3.21. The van der Waals surface area contributed by atoms with E-state index in [1.54, 1.807) is 6.92 Å². The molecule has 0 spiro atoms. The number of rotatable bonds is 5. The molecule has 3 amide bonds. The normalized spacial score (nSPS) is 21.4. The van der Waals surface area contributed by atoms with E-state index in [4.69, 9.17) is 10.8 Å². The maximum Gasteiger partial charge on any atom is 0.312 e. The maximum absolute atomic E-state index is 11.9. The molecule has 0 bridgehead atoms. The van der Waals surface area contributed by atoms with Crippen LogP contribution in [0.5, 0.6) is 0 Å². The molecule has 18 heavy (non-hydrogen) atoms. The summed E-state index contributed by atoms with van der Waals surface area (Å²) in [6.07, 6.45) is 2.39. The topological polar surface area (TPSA) is 95.7 Å². The van der Waals surface area contributed by atoms with Crippen LogP contribution in [-0.2, 0) is 4.79 Å². The van der Waals surface area contributed by atoms with Crippen LogP contribution in [0.15, 0.2) is 0 Å². The molecule has 1 saturated heterocycles. The molecule has 0 radical (unpaired) electrons. The SMILES string of the molecule is CC(O)CCC(=O)N1CCCC(CNC(N)=O)C1. The van der Waals surface area contributed by atoms with Crippen LogP contribution in [0.2, 0.25) is 0 Å². The lowest BCUT2D eigenvalue weighted by Gasteiger charge is -2.33. The molecule has 2 unspecified atom stereocenters. The van der Waals surface area contributed by atoms with Crippen molar-refractivity contribution in [3.05, 3.63) is 0 Å². The highest BCUT2D eigenvalue weighted by Crippen LogP contribution is 2.17. The Bertz CT molecular complexity index is 294. The fraction of sp³-hybridized carbons (Fsp3) is 0.833. The van der Waals surface area contributed by atoms with E-state index in [0.717, 1.165) is 19.4 Å². The zero-order valence-corrected chi connectivity index (χ0v) is 10.9. The molecule has 0 aliphatic carbocycles. The number of likely N-dealkylation sites (tertiary alicyclic amines) is 1. The predicted molar refractivity (Wildman–Crippen MR) is 67.8 cm³/mol. The van der Waals surface area contributed by atoms with Crippen molar-refractivity contribution in [3.63, 3.8) is 0 Å². The summed E-state index contributed by atoms with van der Waals surface area (Å²) >= 11 is 0. The maximum atomic E-state index is 11.9. The minimum Gasteiger partial charge on any atom is -0.393 e. The minimum atomic E-state index is -0.521. The van der Waals surface area contributed by atoms with Crippen LogP contribution < -0.4 is 11.1 Å². The van der Waals surface area contributed by atoms with Crippen LogP contribution in [0.1, 0.15) is 32.6 Å². The molecule has 0 aromatic heterocycles. The number of primary amides is 1. The molecule has 104 valence electrons. The Balaban J connectivity index is 2.33. The molecule has 1 aliphatic heterocycles. The Morgan fingerprint density at radius 2 is 2.28 bits per heavy atom. The lowest BCUT2D eigenvalue weighted by atomic mass is 9.97. The van der Waals surface area contributed by atoms with E-state index in [-0.39, 0.29) is 11.8 Å². The third kappa shape index (κ3) is 5.35. The van der Waals surface area contributed by atoms with E-state index in [0.29, 0.717) is 25.9 Å². The first-order chi connectivity index (χ1) is 8.49. The van der Waals surface area contributed by atoms with Crippen LogP contribution in [0, 0.1) is 5.92 Å². The van der Waals surface area contributed by atoms with Crippen LogP contribution in [0.4, 0.5) is 4.79 Å². The Morgan fingerprint density at radius 1 is 1.56 bits per heavy atom. The van der Waals surface area contributed by atoms with Crippen molar-refractivity contribution in [1.82, 2.24) is 10.2 Å². The largest absolute Gasteiger partial charge is 0.393 e. The molecule has 4 N–H and O–H groups in total. The van der Waals surface area contributed by atoms with E-state index >= 15 is 0 Å². The minimum absolute atomic E-state index is 0.0830. The van der Waals surface area contributed by atoms with Gasteiger partial charge in [0.15, 0.2) is 0 Å². The van der Waals surface area contributed by atoms with Crippen molar-refractivity contribution in [1.29, 1.82) is 0 Å². The smallest absolute Gasteiger partial charge is 0.312 e. The van der Waals surface area contributed by atoms with Gasteiger partial charge in [-0.05, 0) is 32.1 Å². The molecule has 6 nitrogen and oxygen atoms in total. The second-order valence-electron chi connectivity index (χ2n) is 4.98. The van der Waals surface area contributed by atoms with Gasteiger partial charge in [-0.15, -0.1) is 0 Å². The number of urea groups is 1. The van der Waals surface area contributed by atoms with Gasteiger partial charge in [-0.2, -0.15) is 0 Å². The van der Waals surface area contributed by atoms with Gasteiger partial charge in [0.05, 0.1) is 6.10 Å². The van der Waals surface area contributed by atoms with E-state index in [2.05, 4.69) is 5.32 Å². The number of carbonyl (C=O) groups excluding carboxylic acids is 2. The van der Waals surface area contributed by atoms with E-state index in [1.165, 1.54) is 0 Å². The number of aliphatic hydroxyl groups excluding tert-OH is 1. The van der Waals surface area contributed by atoms with Crippen molar-refractivity contribution in [2.24, 2.45) is 11.7 Å². The van der Waals surface area contributed by atoms with Gasteiger partial charge >= 0.3 is 6.03 Å². The second kappa shape index (κ2) is 7.20. The van der Waals surface area contributed by atoms with Crippen molar-refractivity contribution in [3.8, 4) is 0 Å². The Labute approximate surface area is 108 Å². The van der Waals surface area contributed by atoms with Gasteiger partial charge in [0.2, 0.25) is 5.91 Å². The standard InChI is InChI=1S/C12H23N3O3/c1-9(16)4-5-11(17)15-6-2-3-10(8-15)7-14-12(13)18/h9-10,16H,2-8H2,1H3,(H3,13,14,18). The number of nitrogens with two attached hydrogens (primary N) is 1. The van der Waals surface area contributed by atoms with E-state index < -0.39 is 12.1 Å².